The minimum atomic E-state index is 0.318. The number of nitrogens with one attached hydrogen (secondary N) is 1. The minimum Gasteiger partial charge on any atom is -0.339 e. The Hall–Kier alpha value is -0.940. The van der Waals surface area contributed by atoms with Gasteiger partial charge in [0.25, 0.3) is 0 Å². The second-order valence-electron chi connectivity index (χ2n) is 6.11. The highest BCUT2D eigenvalue weighted by atomic mass is 16.5. The van der Waals surface area contributed by atoms with Crippen molar-refractivity contribution >= 4 is 0 Å². The van der Waals surface area contributed by atoms with Crippen LogP contribution in [0.5, 0.6) is 0 Å². The van der Waals surface area contributed by atoms with Crippen LogP contribution in [0.2, 0.25) is 0 Å². The van der Waals surface area contributed by atoms with Gasteiger partial charge in [-0.2, -0.15) is 4.98 Å². The van der Waals surface area contributed by atoms with Crippen LogP contribution >= 0.6 is 0 Å². The standard InChI is InChI=1S/C15H26N4O/c1-2-13(19-9-7-16-8-10-19)15-17-14(20-18-15)11-12-5-3-4-6-12/h12-13,16H,2-11H2,1H3. The lowest BCUT2D eigenvalue weighted by Gasteiger charge is -2.32. The predicted octanol–water partition coefficient (Wildman–Crippen LogP) is 2.16. The zero-order valence-corrected chi connectivity index (χ0v) is 12.5. The molecule has 1 aromatic heterocycles. The van der Waals surface area contributed by atoms with Crippen LogP contribution in [0.15, 0.2) is 4.52 Å². The van der Waals surface area contributed by atoms with Gasteiger partial charge in [0.1, 0.15) is 0 Å². The third-order valence-corrected chi connectivity index (χ3v) is 4.70. The van der Waals surface area contributed by atoms with E-state index in [0.29, 0.717) is 6.04 Å². The molecule has 0 aromatic carbocycles. The van der Waals surface area contributed by atoms with Crippen molar-refractivity contribution in [1.82, 2.24) is 20.4 Å². The molecule has 0 amide bonds. The van der Waals surface area contributed by atoms with Gasteiger partial charge in [-0.25, -0.2) is 0 Å². The number of rotatable bonds is 5. The van der Waals surface area contributed by atoms with Crippen molar-refractivity contribution in [1.29, 1.82) is 0 Å². The van der Waals surface area contributed by atoms with Crippen molar-refractivity contribution in [2.45, 2.75) is 51.5 Å². The Balaban J connectivity index is 1.63. The number of aromatic nitrogens is 2. The Kier molecular flexibility index (Phi) is 4.68. The fourth-order valence-corrected chi connectivity index (χ4v) is 3.55. The molecule has 1 unspecified atom stereocenters. The van der Waals surface area contributed by atoms with Crippen LogP contribution in [0.4, 0.5) is 0 Å². The summed E-state index contributed by atoms with van der Waals surface area (Å²) in [5, 5.41) is 7.65. The monoisotopic (exact) mass is 278 g/mol. The highest BCUT2D eigenvalue weighted by Gasteiger charge is 2.26. The maximum Gasteiger partial charge on any atom is 0.226 e. The van der Waals surface area contributed by atoms with Gasteiger partial charge in [-0.15, -0.1) is 0 Å². The van der Waals surface area contributed by atoms with Gasteiger partial charge >= 0.3 is 0 Å². The van der Waals surface area contributed by atoms with Crippen molar-refractivity contribution in [3.63, 3.8) is 0 Å². The van der Waals surface area contributed by atoms with E-state index in [-0.39, 0.29) is 0 Å². The Morgan fingerprint density at radius 3 is 2.75 bits per heavy atom. The topological polar surface area (TPSA) is 54.2 Å². The van der Waals surface area contributed by atoms with Crippen LogP contribution < -0.4 is 5.32 Å². The van der Waals surface area contributed by atoms with Gasteiger partial charge in [0.05, 0.1) is 6.04 Å². The SMILES string of the molecule is CCC(c1noc(CC2CCCC2)n1)N1CCNCC1. The van der Waals surface area contributed by atoms with Crippen molar-refractivity contribution in [3.8, 4) is 0 Å². The Morgan fingerprint density at radius 2 is 2.05 bits per heavy atom. The van der Waals surface area contributed by atoms with E-state index in [4.69, 9.17) is 4.52 Å². The molecule has 1 aliphatic heterocycles. The summed E-state index contributed by atoms with van der Waals surface area (Å²) in [5.41, 5.74) is 0. The summed E-state index contributed by atoms with van der Waals surface area (Å²) < 4.78 is 5.50. The number of piperazine rings is 1. The summed E-state index contributed by atoms with van der Waals surface area (Å²) in [6.07, 6.45) is 7.40. The molecule has 2 heterocycles. The van der Waals surface area contributed by atoms with Crippen molar-refractivity contribution < 1.29 is 4.52 Å². The Morgan fingerprint density at radius 1 is 1.30 bits per heavy atom. The van der Waals surface area contributed by atoms with Crippen LogP contribution in [0.3, 0.4) is 0 Å². The normalized spacial score (nSPS) is 23.2. The van der Waals surface area contributed by atoms with Crippen molar-refractivity contribution in [3.05, 3.63) is 11.7 Å². The zero-order chi connectivity index (χ0) is 13.8. The van der Waals surface area contributed by atoms with Crippen LogP contribution in [0, 0.1) is 5.92 Å². The van der Waals surface area contributed by atoms with E-state index in [9.17, 15) is 0 Å². The van der Waals surface area contributed by atoms with E-state index in [0.717, 1.165) is 56.7 Å². The van der Waals surface area contributed by atoms with E-state index in [1.165, 1.54) is 25.7 Å². The van der Waals surface area contributed by atoms with Crippen LogP contribution in [0.1, 0.15) is 56.8 Å². The molecule has 1 aromatic rings. The maximum atomic E-state index is 5.50. The molecule has 1 N–H and O–H groups in total. The van der Waals surface area contributed by atoms with Gasteiger partial charge in [0, 0.05) is 32.6 Å². The first-order valence-corrected chi connectivity index (χ1v) is 8.14. The summed E-state index contributed by atoms with van der Waals surface area (Å²) >= 11 is 0. The molecule has 112 valence electrons. The molecule has 2 aliphatic rings. The van der Waals surface area contributed by atoms with Gasteiger partial charge in [0.15, 0.2) is 5.82 Å². The van der Waals surface area contributed by atoms with E-state index in [1.807, 2.05) is 0 Å². The Labute approximate surface area is 121 Å². The smallest absolute Gasteiger partial charge is 0.226 e. The van der Waals surface area contributed by atoms with Gasteiger partial charge in [-0.3, -0.25) is 4.90 Å². The first-order chi connectivity index (χ1) is 9.86. The molecule has 5 nitrogen and oxygen atoms in total. The lowest BCUT2D eigenvalue weighted by molar-refractivity contribution is 0.160. The molecule has 5 heteroatoms. The van der Waals surface area contributed by atoms with Crippen LogP contribution in [-0.2, 0) is 6.42 Å². The predicted molar refractivity (Wildman–Crippen MR) is 77.4 cm³/mol. The minimum absolute atomic E-state index is 0.318. The maximum absolute atomic E-state index is 5.50. The second-order valence-corrected chi connectivity index (χ2v) is 6.11. The highest BCUT2D eigenvalue weighted by Crippen LogP contribution is 2.28. The molecule has 0 radical (unpaired) electrons. The molecule has 20 heavy (non-hydrogen) atoms. The molecule has 1 aliphatic carbocycles. The molecule has 3 rings (SSSR count). The number of nitrogens with zero attached hydrogens (tertiary/aromatic N) is 3. The molecular formula is C15H26N4O. The first kappa shape index (κ1) is 14.0. The van der Waals surface area contributed by atoms with E-state index in [2.05, 4.69) is 27.3 Å². The molecule has 0 spiro atoms. The van der Waals surface area contributed by atoms with E-state index < -0.39 is 0 Å². The zero-order valence-electron chi connectivity index (χ0n) is 12.5. The van der Waals surface area contributed by atoms with Crippen molar-refractivity contribution in [2.75, 3.05) is 26.2 Å². The summed E-state index contributed by atoms with van der Waals surface area (Å²) in [6.45, 7) is 6.47. The van der Waals surface area contributed by atoms with Gasteiger partial charge in [0.2, 0.25) is 5.89 Å². The highest BCUT2D eigenvalue weighted by molar-refractivity contribution is 4.97. The fourth-order valence-electron chi connectivity index (χ4n) is 3.55. The molecule has 1 saturated heterocycles. The average molecular weight is 278 g/mol. The molecule has 0 bridgehead atoms. The Bertz CT molecular complexity index is 408. The van der Waals surface area contributed by atoms with Gasteiger partial charge < -0.3 is 9.84 Å². The molecular weight excluding hydrogens is 252 g/mol. The quantitative estimate of drug-likeness (QED) is 0.894. The van der Waals surface area contributed by atoms with Gasteiger partial charge in [-0.05, 0) is 25.2 Å². The largest absolute Gasteiger partial charge is 0.339 e. The molecule has 1 saturated carbocycles. The van der Waals surface area contributed by atoms with Crippen molar-refractivity contribution in [2.24, 2.45) is 5.92 Å². The van der Waals surface area contributed by atoms with E-state index in [1.54, 1.807) is 0 Å². The average Bonchev–Trinajstić information content (AvgIpc) is 3.14. The first-order valence-electron chi connectivity index (χ1n) is 8.14. The molecule has 2 fully saturated rings. The third-order valence-electron chi connectivity index (χ3n) is 4.70. The second kappa shape index (κ2) is 6.68. The number of hydrogen-bond acceptors (Lipinski definition) is 5. The lowest BCUT2D eigenvalue weighted by atomic mass is 10.0. The molecule has 1 atom stereocenters. The number of hydrogen-bond donors (Lipinski definition) is 1. The fraction of sp³-hybridized carbons (Fsp3) is 0.867. The summed E-state index contributed by atoms with van der Waals surface area (Å²) in [5.74, 6) is 2.51. The van der Waals surface area contributed by atoms with Crippen LogP contribution in [0.25, 0.3) is 0 Å². The third kappa shape index (κ3) is 3.20. The summed E-state index contributed by atoms with van der Waals surface area (Å²) in [6, 6.07) is 0.318. The van der Waals surface area contributed by atoms with Gasteiger partial charge in [-0.1, -0.05) is 24.9 Å². The lowest BCUT2D eigenvalue weighted by Crippen LogP contribution is -2.45. The summed E-state index contributed by atoms with van der Waals surface area (Å²) in [4.78, 5) is 7.15. The van der Waals surface area contributed by atoms with E-state index >= 15 is 0 Å². The summed E-state index contributed by atoms with van der Waals surface area (Å²) in [7, 11) is 0. The van der Waals surface area contributed by atoms with Crippen LogP contribution in [-0.4, -0.2) is 41.2 Å².